The number of nitrogens with one attached hydrogen (secondary N) is 1. The molecule has 0 radical (unpaired) electrons. The Hall–Kier alpha value is -1.21. The fraction of sp³-hybridized carbons (Fsp3) is 0.810. The summed E-state index contributed by atoms with van der Waals surface area (Å²) < 4.78 is 20.8. The van der Waals surface area contributed by atoms with Crippen LogP contribution in [0.1, 0.15) is 54.2 Å². The summed E-state index contributed by atoms with van der Waals surface area (Å²) >= 11 is 0. The SMILES string of the molecule is CC(C)(C)[Si](C)(C)OC[C@H]1O[C@@H](n2cc(N)c(=O)[nH]c2=O)C[C@@H]1O[Si](C)(C)C(C)(C)C. The molecule has 0 bridgehead atoms. The van der Waals surface area contributed by atoms with Gasteiger partial charge in [0.1, 0.15) is 18.0 Å². The Morgan fingerprint density at radius 3 is 2.16 bits per heavy atom. The van der Waals surface area contributed by atoms with Gasteiger partial charge in [-0.15, -0.1) is 0 Å². The number of nitrogens with two attached hydrogens (primary N) is 1. The number of hydrogen-bond acceptors (Lipinski definition) is 6. The van der Waals surface area contributed by atoms with E-state index in [-0.39, 0.29) is 28.0 Å². The van der Waals surface area contributed by atoms with Gasteiger partial charge in [-0.25, -0.2) is 4.79 Å². The van der Waals surface area contributed by atoms with Crippen molar-refractivity contribution < 1.29 is 13.6 Å². The van der Waals surface area contributed by atoms with Crippen LogP contribution in [-0.4, -0.2) is 45.0 Å². The molecule has 1 aromatic heterocycles. The van der Waals surface area contributed by atoms with Gasteiger partial charge in [-0.1, -0.05) is 41.5 Å². The molecule has 0 amide bonds. The largest absolute Gasteiger partial charge is 0.414 e. The van der Waals surface area contributed by atoms with Gasteiger partial charge in [-0.3, -0.25) is 14.3 Å². The molecular weight excluding hydrogens is 430 g/mol. The van der Waals surface area contributed by atoms with Crippen LogP contribution in [0, 0.1) is 0 Å². The predicted octanol–water partition coefficient (Wildman–Crippen LogP) is 3.82. The van der Waals surface area contributed by atoms with Crippen LogP contribution in [-0.2, 0) is 13.6 Å². The molecule has 1 aromatic rings. The van der Waals surface area contributed by atoms with Crippen molar-refractivity contribution in [3.63, 3.8) is 0 Å². The fourth-order valence-electron chi connectivity index (χ4n) is 2.92. The van der Waals surface area contributed by atoms with E-state index in [0.29, 0.717) is 13.0 Å². The van der Waals surface area contributed by atoms with Crippen molar-refractivity contribution in [2.45, 2.75) is 103 Å². The monoisotopic (exact) mass is 471 g/mol. The highest BCUT2D eigenvalue weighted by Gasteiger charge is 2.46. The molecule has 0 aliphatic carbocycles. The molecule has 1 aliphatic rings. The van der Waals surface area contributed by atoms with Crippen LogP contribution in [0.5, 0.6) is 0 Å². The topological polar surface area (TPSA) is 109 Å². The summed E-state index contributed by atoms with van der Waals surface area (Å²) in [6, 6.07) is 0. The molecule has 178 valence electrons. The van der Waals surface area contributed by atoms with Crippen molar-refractivity contribution in [2.75, 3.05) is 12.3 Å². The van der Waals surface area contributed by atoms with E-state index in [2.05, 4.69) is 72.7 Å². The van der Waals surface area contributed by atoms with Crippen molar-refractivity contribution in [1.82, 2.24) is 9.55 Å². The lowest BCUT2D eigenvalue weighted by Crippen LogP contribution is -2.48. The maximum absolute atomic E-state index is 12.4. The molecule has 0 spiro atoms. The number of anilines is 1. The minimum atomic E-state index is -2.08. The Morgan fingerprint density at radius 2 is 1.65 bits per heavy atom. The van der Waals surface area contributed by atoms with E-state index < -0.39 is 34.1 Å². The molecule has 3 N–H and O–H groups in total. The van der Waals surface area contributed by atoms with E-state index in [1.807, 2.05) is 0 Å². The molecule has 2 heterocycles. The van der Waals surface area contributed by atoms with Crippen LogP contribution in [0.25, 0.3) is 0 Å². The fourth-order valence-corrected chi connectivity index (χ4v) is 5.29. The molecule has 0 aromatic carbocycles. The lowest BCUT2D eigenvalue weighted by atomic mass is 10.2. The van der Waals surface area contributed by atoms with Crippen molar-refractivity contribution >= 4 is 22.3 Å². The minimum absolute atomic E-state index is 0.0222. The zero-order valence-electron chi connectivity index (χ0n) is 20.8. The molecule has 2 rings (SSSR count). The highest BCUT2D eigenvalue weighted by Crippen LogP contribution is 2.42. The first-order chi connectivity index (χ1) is 13.9. The van der Waals surface area contributed by atoms with Crippen LogP contribution < -0.4 is 17.0 Å². The van der Waals surface area contributed by atoms with E-state index in [0.717, 1.165) is 0 Å². The highest BCUT2D eigenvalue weighted by molar-refractivity contribution is 6.74. The molecular formula is C21H41N3O5Si2. The second kappa shape index (κ2) is 8.62. The van der Waals surface area contributed by atoms with E-state index in [1.54, 1.807) is 0 Å². The molecule has 1 saturated heterocycles. The minimum Gasteiger partial charge on any atom is -0.414 e. The van der Waals surface area contributed by atoms with Crippen LogP contribution in [0.2, 0.25) is 36.3 Å². The summed E-state index contributed by atoms with van der Waals surface area (Å²) in [7, 11) is -4.07. The summed E-state index contributed by atoms with van der Waals surface area (Å²) in [5.41, 5.74) is 4.59. The zero-order valence-corrected chi connectivity index (χ0v) is 22.8. The third-order valence-electron chi connectivity index (χ3n) is 7.15. The van der Waals surface area contributed by atoms with Gasteiger partial charge in [-0.05, 0) is 36.3 Å². The quantitative estimate of drug-likeness (QED) is 0.611. The number of H-pyrrole nitrogens is 1. The van der Waals surface area contributed by atoms with Gasteiger partial charge in [0.05, 0.1) is 12.7 Å². The van der Waals surface area contributed by atoms with E-state index in [4.69, 9.17) is 19.3 Å². The molecule has 31 heavy (non-hydrogen) atoms. The number of nitrogens with zero attached hydrogens (tertiary/aromatic N) is 1. The summed E-state index contributed by atoms with van der Waals surface area (Å²) in [5, 5.41) is 0.111. The summed E-state index contributed by atoms with van der Waals surface area (Å²) in [6.07, 6.45) is 0.744. The Kier molecular flexibility index (Phi) is 7.24. The van der Waals surface area contributed by atoms with E-state index in [9.17, 15) is 9.59 Å². The first-order valence-electron chi connectivity index (χ1n) is 10.9. The van der Waals surface area contributed by atoms with Gasteiger partial charge in [0.15, 0.2) is 16.6 Å². The zero-order chi connectivity index (χ0) is 24.0. The van der Waals surface area contributed by atoms with Crippen molar-refractivity contribution in [2.24, 2.45) is 0 Å². The Labute approximate surface area is 187 Å². The maximum Gasteiger partial charge on any atom is 0.330 e. The number of aromatic amines is 1. The Morgan fingerprint density at radius 1 is 1.10 bits per heavy atom. The highest BCUT2D eigenvalue weighted by atomic mass is 28.4. The summed E-state index contributed by atoms with van der Waals surface area (Å²) in [4.78, 5) is 26.3. The first-order valence-corrected chi connectivity index (χ1v) is 16.8. The first kappa shape index (κ1) is 26.0. The number of ether oxygens (including phenoxy) is 1. The molecule has 3 atom stereocenters. The van der Waals surface area contributed by atoms with Crippen LogP contribution in [0.15, 0.2) is 15.8 Å². The van der Waals surface area contributed by atoms with Crippen LogP contribution in [0.4, 0.5) is 5.69 Å². The van der Waals surface area contributed by atoms with Crippen molar-refractivity contribution in [3.8, 4) is 0 Å². The lowest BCUT2D eigenvalue weighted by molar-refractivity contribution is -0.0411. The molecule has 8 nitrogen and oxygen atoms in total. The number of aromatic nitrogens is 2. The van der Waals surface area contributed by atoms with E-state index in [1.165, 1.54) is 10.8 Å². The van der Waals surface area contributed by atoms with Crippen LogP contribution in [0.3, 0.4) is 0 Å². The van der Waals surface area contributed by atoms with Gasteiger partial charge < -0.3 is 19.3 Å². The predicted molar refractivity (Wildman–Crippen MR) is 129 cm³/mol. The number of nitrogen functional groups attached to an aromatic ring is 1. The molecule has 0 saturated carbocycles. The Bertz CT molecular complexity index is 896. The number of rotatable bonds is 6. The second-order valence-electron chi connectivity index (χ2n) is 11.6. The average Bonchev–Trinajstić information content (AvgIpc) is 2.96. The average molecular weight is 472 g/mol. The third-order valence-corrected chi connectivity index (χ3v) is 16.2. The number of hydrogen-bond donors (Lipinski definition) is 2. The molecule has 1 fully saturated rings. The third kappa shape index (κ3) is 5.78. The van der Waals surface area contributed by atoms with Gasteiger partial charge in [0.25, 0.3) is 5.56 Å². The maximum atomic E-state index is 12.4. The second-order valence-corrected chi connectivity index (χ2v) is 21.2. The molecule has 10 heteroatoms. The normalized spacial score (nSPS) is 23.4. The van der Waals surface area contributed by atoms with Gasteiger partial charge in [-0.2, -0.15) is 0 Å². The smallest absolute Gasteiger partial charge is 0.330 e. The molecule has 1 aliphatic heterocycles. The van der Waals surface area contributed by atoms with Gasteiger partial charge in [0.2, 0.25) is 0 Å². The van der Waals surface area contributed by atoms with Gasteiger partial charge >= 0.3 is 5.69 Å². The summed E-state index contributed by atoms with van der Waals surface area (Å²) in [6.45, 7) is 22.4. The standard InChI is InChI=1S/C21H41N3O5Si2/c1-20(2,3)30(7,8)27-13-16-15(29-31(9,10)21(4,5)6)11-17(28-16)24-12-14(22)18(25)23-19(24)26/h12,15-17H,11,13,22H2,1-10H3,(H,23,25,26)/t15-,16+,17+/m0/s1. The van der Waals surface area contributed by atoms with Crippen molar-refractivity contribution in [1.29, 1.82) is 0 Å². The molecule has 0 unspecified atom stereocenters. The van der Waals surface area contributed by atoms with E-state index >= 15 is 0 Å². The van der Waals surface area contributed by atoms with Crippen LogP contribution >= 0.6 is 0 Å². The Balaban J connectivity index is 2.32. The van der Waals surface area contributed by atoms with Crippen molar-refractivity contribution in [3.05, 3.63) is 27.0 Å². The lowest BCUT2D eigenvalue weighted by Gasteiger charge is -2.40. The van der Waals surface area contributed by atoms with Gasteiger partial charge in [0, 0.05) is 12.6 Å². The summed E-state index contributed by atoms with van der Waals surface area (Å²) in [5.74, 6) is 0.